The van der Waals surface area contributed by atoms with Gasteiger partial charge in [0.25, 0.3) is 0 Å². The highest BCUT2D eigenvalue weighted by molar-refractivity contribution is 5.25. The smallest absolute Gasteiger partial charge is 0.0650 e. The molecule has 90 valence electrons. The molecule has 0 aromatic carbocycles. The Bertz CT molecular complexity index is 461. The molecule has 2 rings (SSSR count). The van der Waals surface area contributed by atoms with Crippen molar-refractivity contribution >= 4 is 0 Å². The number of nitrogens with two attached hydrogens (primary N) is 1. The van der Waals surface area contributed by atoms with Crippen LogP contribution in [0.2, 0.25) is 0 Å². The van der Waals surface area contributed by atoms with Crippen molar-refractivity contribution in [2.24, 2.45) is 5.73 Å². The summed E-state index contributed by atoms with van der Waals surface area (Å²) in [6.07, 6.45) is 1.79. The Hall–Kier alpha value is -1.68. The van der Waals surface area contributed by atoms with Gasteiger partial charge < -0.3 is 5.73 Å². The molecule has 2 heterocycles. The summed E-state index contributed by atoms with van der Waals surface area (Å²) in [5.74, 6) is 0.512. The van der Waals surface area contributed by atoms with Crippen LogP contribution in [0, 0.1) is 0 Å². The fraction of sp³-hybridized carbons (Fsp3) is 0.385. The molecular weight excluding hydrogens is 212 g/mol. The molecule has 4 nitrogen and oxygen atoms in total. The van der Waals surface area contributed by atoms with E-state index in [1.54, 1.807) is 6.20 Å². The molecule has 1 atom stereocenters. The van der Waals surface area contributed by atoms with Crippen LogP contribution in [0.5, 0.6) is 0 Å². The Labute approximate surface area is 101 Å². The van der Waals surface area contributed by atoms with Gasteiger partial charge in [-0.25, -0.2) is 0 Å². The average molecular weight is 230 g/mol. The average Bonchev–Trinajstić information content (AvgIpc) is 2.81. The summed E-state index contributed by atoms with van der Waals surface area (Å²) in [6.45, 7) is 4.77. The second-order valence-corrected chi connectivity index (χ2v) is 4.45. The Morgan fingerprint density at radius 1 is 1.29 bits per heavy atom. The molecule has 0 aliphatic carbocycles. The highest BCUT2D eigenvalue weighted by Gasteiger charge is 2.16. The van der Waals surface area contributed by atoms with E-state index in [4.69, 9.17) is 5.73 Å². The number of nitrogens with one attached hydrogen (secondary N) is 1. The van der Waals surface area contributed by atoms with Crippen molar-refractivity contribution in [3.8, 4) is 0 Å². The van der Waals surface area contributed by atoms with Gasteiger partial charge in [0.15, 0.2) is 0 Å². The van der Waals surface area contributed by atoms with Crippen LogP contribution in [0.15, 0.2) is 30.5 Å². The van der Waals surface area contributed by atoms with E-state index in [9.17, 15) is 0 Å². The van der Waals surface area contributed by atoms with Crippen LogP contribution < -0.4 is 5.73 Å². The van der Waals surface area contributed by atoms with Crippen LogP contribution in [0.1, 0.15) is 42.8 Å². The Morgan fingerprint density at radius 3 is 2.65 bits per heavy atom. The van der Waals surface area contributed by atoms with Gasteiger partial charge in [0.2, 0.25) is 0 Å². The van der Waals surface area contributed by atoms with Crippen molar-refractivity contribution in [1.29, 1.82) is 0 Å². The van der Waals surface area contributed by atoms with Gasteiger partial charge in [0.1, 0.15) is 0 Å². The normalized spacial score (nSPS) is 12.9. The molecular formula is C13H18N4. The minimum Gasteiger partial charge on any atom is -0.329 e. The van der Waals surface area contributed by atoms with Gasteiger partial charge in [-0.1, -0.05) is 19.9 Å². The molecule has 0 saturated carbocycles. The molecule has 0 radical (unpaired) electrons. The number of H-pyrrole nitrogens is 1. The first kappa shape index (κ1) is 11.8. The van der Waals surface area contributed by atoms with Gasteiger partial charge in [-0.15, -0.1) is 0 Å². The number of aromatic nitrogens is 3. The van der Waals surface area contributed by atoms with E-state index in [-0.39, 0.29) is 5.92 Å². The summed E-state index contributed by atoms with van der Waals surface area (Å²) in [7, 11) is 0. The van der Waals surface area contributed by atoms with Crippen LogP contribution in [0.4, 0.5) is 0 Å². The lowest BCUT2D eigenvalue weighted by atomic mass is 9.99. The minimum atomic E-state index is 0.0937. The van der Waals surface area contributed by atoms with Gasteiger partial charge in [-0.05, 0) is 24.1 Å². The molecule has 0 fully saturated rings. The topological polar surface area (TPSA) is 67.6 Å². The van der Waals surface area contributed by atoms with Crippen LogP contribution in [-0.4, -0.2) is 21.7 Å². The molecule has 17 heavy (non-hydrogen) atoms. The number of nitrogens with zero attached hydrogens (tertiary/aromatic N) is 2. The standard InChI is InChI=1S/C13H18N4/c1-9(2)12-7-13(17-16-12)10(8-14)11-5-3-4-6-15-11/h3-7,9-10H,8,14H2,1-2H3,(H,16,17). The van der Waals surface area contributed by atoms with E-state index in [0.29, 0.717) is 12.5 Å². The van der Waals surface area contributed by atoms with Gasteiger partial charge in [-0.3, -0.25) is 10.1 Å². The SMILES string of the molecule is CC(C)c1cc(C(CN)c2ccccn2)[nH]n1. The van der Waals surface area contributed by atoms with Crippen molar-refractivity contribution in [2.45, 2.75) is 25.7 Å². The summed E-state index contributed by atoms with van der Waals surface area (Å²) in [5.41, 5.74) is 8.92. The van der Waals surface area contributed by atoms with E-state index in [0.717, 1.165) is 17.1 Å². The van der Waals surface area contributed by atoms with E-state index in [2.05, 4.69) is 35.1 Å². The van der Waals surface area contributed by atoms with Crippen molar-refractivity contribution < 1.29 is 0 Å². The third kappa shape index (κ3) is 2.53. The molecule has 3 N–H and O–H groups in total. The number of rotatable bonds is 4. The first-order valence-corrected chi connectivity index (χ1v) is 5.88. The number of hydrogen-bond acceptors (Lipinski definition) is 3. The fourth-order valence-electron chi connectivity index (χ4n) is 1.82. The van der Waals surface area contributed by atoms with E-state index >= 15 is 0 Å². The van der Waals surface area contributed by atoms with Gasteiger partial charge >= 0.3 is 0 Å². The molecule has 0 aliphatic rings. The quantitative estimate of drug-likeness (QED) is 0.844. The molecule has 2 aromatic heterocycles. The maximum atomic E-state index is 5.83. The minimum absolute atomic E-state index is 0.0937. The number of pyridine rings is 1. The number of hydrogen-bond donors (Lipinski definition) is 2. The summed E-state index contributed by atoms with van der Waals surface area (Å²) in [5, 5.41) is 7.37. The first-order chi connectivity index (χ1) is 8.22. The fourth-order valence-corrected chi connectivity index (χ4v) is 1.82. The van der Waals surface area contributed by atoms with Crippen molar-refractivity contribution in [3.63, 3.8) is 0 Å². The molecule has 0 spiro atoms. The van der Waals surface area contributed by atoms with Crippen LogP contribution >= 0.6 is 0 Å². The predicted octanol–water partition coefficient (Wildman–Crippen LogP) is 2.02. The zero-order valence-electron chi connectivity index (χ0n) is 10.2. The first-order valence-electron chi connectivity index (χ1n) is 5.88. The summed E-state index contributed by atoms with van der Waals surface area (Å²) >= 11 is 0. The molecule has 1 unspecified atom stereocenters. The van der Waals surface area contributed by atoms with E-state index in [1.807, 2.05) is 18.2 Å². The molecule has 0 bridgehead atoms. The van der Waals surface area contributed by atoms with E-state index < -0.39 is 0 Å². The highest BCUT2D eigenvalue weighted by Crippen LogP contribution is 2.22. The van der Waals surface area contributed by atoms with Gasteiger partial charge in [-0.2, -0.15) is 5.10 Å². The van der Waals surface area contributed by atoms with E-state index in [1.165, 1.54) is 0 Å². The zero-order chi connectivity index (χ0) is 12.3. The highest BCUT2D eigenvalue weighted by atomic mass is 15.1. The third-order valence-corrected chi connectivity index (χ3v) is 2.86. The van der Waals surface area contributed by atoms with Crippen molar-refractivity contribution in [1.82, 2.24) is 15.2 Å². The lowest BCUT2D eigenvalue weighted by Gasteiger charge is -2.11. The maximum absolute atomic E-state index is 5.83. The third-order valence-electron chi connectivity index (χ3n) is 2.86. The zero-order valence-corrected chi connectivity index (χ0v) is 10.2. The van der Waals surface area contributed by atoms with Gasteiger partial charge in [0, 0.05) is 18.4 Å². The number of aromatic amines is 1. The van der Waals surface area contributed by atoms with Crippen LogP contribution in [-0.2, 0) is 0 Å². The summed E-state index contributed by atoms with van der Waals surface area (Å²) in [4.78, 5) is 4.35. The Kier molecular flexibility index (Phi) is 3.54. The molecule has 0 amide bonds. The second-order valence-electron chi connectivity index (χ2n) is 4.45. The second kappa shape index (κ2) is 5.10. The molecule has 0 aliphatic heterocycles. The van der Waals surface area contributed by atoms with Crippen LogP contribution in [0.3, 0.4) is 0 Å². The molecule has 0 saturated heterocycles. The molecule has 2 aromatic rings. The Morgan fingerprint density at radius 2 is 2.12 bits per heavy atom. The lowest BCUT2D eigenvalue weighted by Crippen LogP contribution is -2.15. The van der Waals surface area contributed by atoms with Crippen molar-refractivity contribution in [3.05, 3.63) is 47.5 Å². The van der Waals surface area contributed by atoms with Crippen molar-refractivity contribution in [2.75, 3.05) is 6.54 Å². The summed E-state index contributed by atoms with van der Waals surface area (Å²) < 4.78 is 0. The van der Waals surface area contributed by atoms with Gasteiger partial charge in [0.05, 0.1) is 17.3 Å². The largest absolute Gasteiger partial charge is 0.329 e. The summed E-state index contributed by atoms with van der Waals surface area (Å²) in [6, 6.07) is 7.96. The Balaban J connectivity index is 2.29. The maximum Gasteiger partial charge on any atom is 0.0650 e. The molecule has 4 heteroatoms. The predicted molar refractivity (Wildman–Crippen MR) is 67.8 cm³/mol. The lowest BCUT2D eigenvalue weighted by molar-refractivity contribution is 0.750. The van der Waals surface area contributed by atoms with Crippen LogP contribution in [0.25, 0.3) is 0 Å². The monoisotopic (exact) mass is 230 g/mol.